The Morgan fingerprint density at radius 1 is 1.17 bits per heavy atom. The zero-order chi connectivity index (χ0) is 13.8. The largest absolute Gasteiger partial charge is 0.347 e. The number of aryl methyl sites for hydroxylation is 1. The maximum atomic E-state index is 11.8. The minimum Gasteiger partial charge on any atom is -0.347 e. The van der Waals surface area contributed by atoms with Gasteiger partial charge in [-0.1, -0.05) is 17.7 Å². The number of carbonyl (C=O) groups is 2. The summed E-state index contributed by atoms with van der Waals surface area (Å²) in [6.45, 7) is 2.69. The summed E-state index contributed by atoms with van der Waals surface area (Å²) in [7, 11) is -3.88. The van der Waals surface area contributed by atoms with Gasteiger partial charge in [0.25, 0.3) is 15.9 Å². The molecule has 0 aliphatic rings. The van der Waals surface area contributed by atoms with Gasteiger partial charge in [0.05, 0.1) is 11.4 Å². The minimum atomic E-state index is -3.88. The second-order valence-corrected chi connectivity index (χ2v) is 5.43. The van der Waals surface area contributed by atoms with Crippen LogP contribution < -0.4 is 10.0 Å². The van der Waals surface area contributed by atoms with Crippen molar-refractivity contribution in [3.05, 3.63) is 29.8 Å². The van der Waals surface area contributed by atoms with Crippen LogP contribution in [-0.2, 0) is 19.6 Å². The van der Waals surface area contributed by atoms with E-state index in [0.717, 1.165) is 5.56 Å². The molecule has 1 aromatic rings. The molecule has 0 aliphatic heterocycles. The summed E-state index contributed by atoms with van der Waals surface area (Å²) in [5.41, 5.74) is 0.915. The lowest BCUT2D eigenvalue weighted by atomic mass is 10.2. The van der Waals surface area contributed by atoms with Crippen LogP contribution in [0.3, 0.4) is 0 Å². The van der Waals surface area contributed by atoms with Crippen LogP contribution in [0.5, 0.6) is 0 Å². The summed E-state index contributed by atoms with van der Waals surface area (Å²) >= 11 is 0. The molecule has 0 fully saturated rings. The van der Waals surface area contributed by atoms with Crippen LogP contribution >= 0.6 is 0 Å². The number of rotatable bonds is 4. The Bertz CT molecular complexity index is 549. The van der Waals surface area contributed by atoms with E-state index in [1.54, 1.807) is 12.1 Å². The van der Waals surface area contributed by atoms with Gasteiger partial charge >= 0.3 is 0 Å². The van der Waals surface area contributed by atoms with Crippen molar-refractivity contribution in [3.63, 3.8) is 0 Å². The Balaban J connectivity index is 2.73. The van der Waals surface area contributed by atoms with E-state index in [9.17, 15) is 18.0 Å². The molecule has 0 saturated heterocycles. The summed E-state index contributed by atoms with van der Waals surface area (Å²) in [6, 6.07) is 6.08. The van der Waals surface area contributed by atoms with Crippen LogP contribution in [0.2, 0.25) is 0 Å². The molecule has 0 bridgehead atoms. The molecular weight excluding hydrogens is 256 g/mol. The van der Waals surface area contributed by atoms with E-state index in [1.807, 2.05) is 11.6 Å². The molecule has 0 radical (unpaired) electrons. The van der Waals surface area contributed by atoms with E-state index >= 15 is 0 Å². The van der Waals surface area contributed by atoms with Gasteiger partial charge in [0.15, 0.2) is 0 Å². The van der Waals surface area contributed by atoms with Crippen molar-refractivity contribution in [2.24, 2.45) is 0 Å². The summed E-state index contributed by atoms with van der Waals surface area (Å²) < 4.78 is 25.4. The molecule has 0 atom stereocenters. The highest BCUT2D eigenvalue weighted by Gasteiger charge is 2.17. The first-order chi connectivity index (χ1) is 8.31. The molecule has 2 N–H and O–H groups in total. The Hall–Kier alpha value is -1.89. The third-order valence-electron chi connectivity index (χ3n) is 2.08. The molecule has 6 nitrogen and oxygen atoms in total. The number of hydrogen-bond donors (Lipinski definition) is 2. The predicted octanol–water partition coefficient (Wildman–Crippen LogP) is -0.0640. The van der Waals surface area contributed by atoms with E-state index in [-0.39, 0.29) is 11.4 Å². The Morgan fingerprint density at radius 2 is 1.72 bits per heavy atom. The number of benzene rings is 1. The average molecular weight is 270 g/mol. The van der Waals surface area contributed by atoms with Crippen molar-refractivity contribution in [3.8, 4) is 0 Å². The van der Waals surface area contributed by atoms with Crippen molar-refractivity contribution in [1.29, 1.82) is 0 Å². The molecule has 0 aromatic heterocycles. The standard InChI is InChI=1S/C11H14N2O4S/c1-8-3-5-10(6-4-8)18(16,17)13-11(15)7-12-9(2)14/h3-6H,7H2,1-2H3,(H,12,14)(H,13,15). The van der Waals surface area contributed by atoms with Gasteiger partial charge in [0.1, 0.15) is 0 Å². The lowest BCUT2D eigenvalue weighted by Crippen LogP contribution is -2.39. The van der Waals surface area contributed by atoms with Gasteiger partial charge in [-0.15, -0.1) is 0 Å². The molecule has 0 spiro atoms. The third-order valence-corrected chi connectivity index (χ3v) is 3.47. The summed E-state index contributed by atoms with van der Waals surface area (Å²) in [6.07, 6.45) is 0. The topological polar surface area (TPSA) is 92.3 Å². The van der Waals surface area contributed by atoms with E-state index < -0.39 is 21.8 Å². The van der Waals surface area contributed by atoms with Gasteiger partial charge in [-0.25, -0.2) is 13.1 Å². The maximum absolute atomic E-state index is 11.8. The first kappa shape index (κ1) is 14.2. The van der Waals surface area contributed by atoms with Gasteiger partial charge in [0, 0.05) is 6.92 Å². The van der Waals surface area contributed by atoms with Gasteiger partial charge in [-0.3, -0.25) is 9.59 Å². The third kappa shape index (κ3) is 4.17. The average Bonchev–Trinajstić information content (AvgIpc) is 2.26. The van der Waals surface area contributed by atoms with E-state index in [4.69, 9.17) is 0 Å². The molecule has 18 heavy (non-hydrogen) atoms. The highest BCUT2D eigenvalue weighted by atomic mass is 32.2. The number of amides is 2. The fourth-order valence-corrected chi connectivity index (χ4v) is 2.15. The fraction of sp³-hybridized carbons (Fsp3) is 0.273. The number of sulfonamides is 1. The second kappa shape index (κ2) is 5.63. The van der Waals surface area contributed by atoms with Gasteiger partial charge in [-0.2, -0.15) is 0 Å². The number of nitrogens with one attached hydrogen (secondary N) is 2. The molecule has 0 aliphatic carbocycles. The van der Waals surface area contributed by atoms with E-state index in [1.165, 1.54) is 19.1 Å². The van der Waals surface area contributed by atoms with Crippen LogP contribution in [0.15, 0.2) is 29.2 Å². The lowest BCUT2D eigenvalue weighted by Gasteiger charge is -2.07. The molecule has 1 rings (SSSR count). The Labute approximate surface area is 105 Å². The smallest absolute Gasteiger partial charge is 0.264 e. The highest BCUT2D eigenvalue weighted by molar-refractivity contribution is 7.90. The molecule has 7 heteroatoms. The van der Waals surface area contributed by atoms with Crippen molar-refractivity contribution < 1.29 is 18.0 Å². The van der Waals surface area contributed by atoms with Gasteiger partial charge in [0.2, 0.25) is 5.91 Å². The molecule has 0 unspecified atom stereocenters. The van der Waals surface area contributed by atoms with Crippen molar-refractivity contribution in [2.45, 2.75) is 18.7 Å². The molecule has 0 heterocycles. The fourth-order valence-electron chi connectivity index (χ4n) is 1.17. The van der Waals surface area contributed by atoms with Crippen LogP contribution in [0.25, 0.3) is 0 Å². The second-order valence-electron chi connectivity index (χ2n) is 3.75. The van der Waals surface area contributed by atoms with Gasteiger partial charge in [-0.05, 0) is 19.1 Å². The summed E-state index contributed by atoms with van der Waals surface area (Å²) in [5, 5.41) is 2.21. The normalized spacial score (nSPS) is 10.8. The lowest BCUT2D eigenvalue weighted by molar-refractivity contribution is -0.124. The predicted molar refractivity (Wildman–Crippen MR) is 65.2 cm³/mol. The first-order valence-electron chi connectivity index (χ1n) is 5.18. The van der Waals surface area contributed by atoms with Crippen LogP contribution in [0, 0.1) is 6.92 Å². The zero-order valence-electron chi connectivity index (χ0n) is 10.1. The monoisotopic (exact) mass is 270 g/mol. The van der Waals surface area contributed by atoms with Crippen LogP contribution in [-0.4, -0.2) is 26.8 Å². The minimum absolute atomic E-state index is 0.00396. The zero-order valence-corrected chi connectivity index (χ0v) is 10.9. The van der Waals surface area contributed by atoms with Crippen LogP contribution in [0.1, 0.15) is 12.5 Å². The SMILES string of the molecule is CC(=O)NCC(=O)NS(=O)(=O)c1ccc(C)cc1. The number of hydrogen-bond acceptors (Lipinski definition) is 4. The maximum Gasteiger partial charge on any atom is 0.264 e. The van der Waals surface area contributed by atoms with Crippen molar-refractivity contribution >= 4 is 21.8 Å². The molecule has 98 valence electrons. The molecular formula is C11H14N2O4S. The summed E-state index contributed by atoms with van der Waals surface area (Å²) in [5.74, 6) is -1.19. The van der Waals surface area contributed by atoms with E-state index in [2.05, 4.69) is 5.32 Å². The molecule has 2 amide bonds. The molecule has 0 saturated carbocycles. The van der Waals surface area contributed by atoms with Crippen molar-refractivity contribution in [2.75, 3.05) is 6.54 Å². The Morgan fingerprint density at radius 3 is 2.22 bits per heavy atom. The number of carbonyl (C=O) groups excluding carboxylic acids is 2. The van der Waals surface area contributed by atoms with Gasteiger partial charge < -0.3 is 5.32 Å². The van der Waals surface area contributed by atoms with E-state index in [0.29, 0.717) is 0 Å². The Kier molecular flexibility index (Phi) is 4.43. The summed E-state index contributed by atoms with van der Waals surface area (Å²) in [4.78, 5) is 21.9. The van der Waals surface area contributed by atoms with Crippen LogP contribution in [0.4, 0.5) is 0 Å². The molecule has 1 aromatic carbocycles. The first-order valence-corrected chi connectivity index (χ1v) is 6.66. The quantitative estimate of drug-likeness (QED) is 0.801. The van der Waals surface area contributed by atoms with Crippen molar-refractivity contribution in [1.82, 2.24) is 10.0 Å². The highest BCUT2D eigenvalue weighted by Crippen LogP contribution is 2.09.